The fourth-order valence-corrected chi connectivity index (χ4v) is 1.22. The maximum atomic E-state index is 11.0. The highest BCUT2D eigenvalue weighted by molar-refractivity contribution is 5.77. The van der Waals surface area contributed by atoms with Gasteiger partial charge in [-0.15, -0.1) is 0 Å². The molecule has 0 bridgehead atoms. The van der Waals surface area contributed by atoms with Crippen LogP contribution in [0.15, 0.2) is 11.8 Å². The Bertz CT molecular complexity index is 255. The smallest absolute Gasteiger partial charge is 0.414 e. The number of hydrogen-bond donors (Lipinski definition) is 0. The Morgan fingerprint density at radius 1 is 1.50 bits per heavy atom. The van der Waals surface area contributed by atoms with Gasteiger partial charge in [-0.2, -0.15) is 0 Å². The SMILES string of the molecule is CN1C(=O)OC(C)(C)/C1=C\C=O. The van der Waals surface area contributed by atoms with Gasteiger partial charge in [-0.25, -0.2) is 4.79 Å². The van der Waals surface area contributed by atoms with E-state index in [0.717, 1.165) is 0 Å². The van der Waals surface area contributed by atoms with Gasteiger partial charge in [0.05, 0.1) is 5.70 Å². The van der Waals surface area contributed by atoms with Gasteiger partial charge in [0.15, 0.2) is 0 Å². The second-order valence-corrected chi connectivity index (χ2v) is 3.13. The molecule has 0 aromatic rings. The zero-order valence-corrected chi connectivity index (χ0v) is 7.33. The highest BCUT2D eigenvalue weighted by Gasteiger charge is 2.40. The van der Waals surface area contributed by atoms with Crippen LogP contribution >= 0.6 is 0 Å². The van der Waals surface area contributed by atoms with E-state index < -0.39 is 11.7 Å². The Morgan fingerprint density at radius 2 is 2.08 bits per heavy atom. The number of carbonyl (C=O) groups excluding carboxylic acids is 2. The van der Waals surface area contributed by atoms with Crippen molar-refractivity contribution in [3.05, 3.63) is 11.8 Å². The summed E-state index contributed by atoms with van der Waals surface area (Å²) in [5, 5.41) is 0. The molecule has 4 nitrogen and oxygen atoms in total. The molecule has 1 aliphatic heterocycles. The highest BCUT2D eigenvalue weighted by atomic mass is 16.6. The maximum Gasteiger partial charge on any atom is 0.414 e. The second kappa shape index (κ2) is 2.62. The van der Waals surface area contributed by atoms with Crippen LogP contribution in [0.3, 0.4) is 0 Å². The Morgan fingerprint density at radius 3 is 2.42 bits per heavy atom. The molecule has 0 unspecified atom stereocenters. The first-order valence-corrected chi connectivity index (χ1v) is 3.61. The molecule has 1 rings (SSSR count). The molecule has 4 heteroatoms. The zero-order valence-electron chi connectivity index (χ0n) is 7.33. The first-order valence-electron chi connectivity index (χ1n) is 3.61. The van der Waals surface area contributed by atoms with Crippen LogP contribution in [0, 0.1) is 0 Å². The van der Waals surface area contributed by atoms with E-state index >= 15 is 0 Å². The van der Waals surface area contributed by atoms with E-state index in [4.69, 9.17) is 4.74 Å². The molecular weight excluding hydrogens is 158 g/mol. The fraction of sp³-hybridized carbons (Fsp3) is 0.500. The van der Waals surface area contributed by atoms with Crippen LogP contribution in [-0.4, -0.2) is 29.9 Å². The van der Waals surface area contributed by atoms with E-state index in [9.17, 15) is 9.59 Å². The van der Waals surface area contributed by atoms with Crippen molar-refractivity contribution in [3.63, 3.8) is 0 Å². The van der Waals surface area contributed by atoms with Crippen molar-refractivity contribution < 1.29 is 14.3 Å². The molecule has 0 aliphatic carbocycles. The lowest BCUT2D eigenvalue weighted by Crippen LogP contribution is -2.23. The molecule has 12 heavy (non-hydrogen) atoms. The van der Waals surface area contributed by atoms with Crippen LogP contribution < -0.4 is 0 Å². The Kier molecular flexibility index (Phi) is 1.92. The lowest BCUT2D eigenvalue weighted by Gasteiger charge is -2.17. The number of amides is 1. The number of carbonyl (C=O) groups is 2. The quantitative estimate of drug-likeness (QED) is 0.433. The van der Waals surface area contributed by atoms with Crippen LogP contribution in [-0.2, 0) is 9.53 Å². The van der Waals surface area contributed by atoms with Gasteiger partial charge in [0.1, 0.15) is 11.9 Å². The first kappa shape index (κ1) is 8.77. The number of allylic oxidation sites excluding steroid dienone is 1. The predicted molar refractivity (Wildman–Crippen MR) is 42.5 cm³/mol. The summed E-state index contributed by atoms with van der Waals surface area (Å²) in [7, 11) is 1.58. The summed E-state index contributed by atoms with van der Waals surface area (Å²) >= 11 is 0. The molecule has 1 heterocycles. The number of hydrogen-bond acceptors (Lipinski definition) is 3. The standard InChI is InChI=1S/C8H11NO3/c1-8(2)6(4-5-10)9(3)7(11)12-8/h4-5H,1-3H3/b6-4+. The van der Waals surface area contributed by atoms with E-state index in [1.165, 1.54) is 11.0 Å². The largest absolute Gasteiger partial charge is 0.437 e. The molecule has 1 aliphatic rings. The maximum absolute atomic E-state index is 11.0. The van der Waals surface area contributed by atoms with Crippen LogP contribution in [0.4, 0.5) is 4.79 Å². The molecule has 0 aromatic carbocycles. The third-order valence-corrected chi connectivity index (χ3v) is 1.82. The average molecular weight is 169 g/mol. The lowest BCUT2D eigenvalue weighted by atomic mass is 10.1. The highest BCUT2D eigenvalue weighted by Crippen LogP contribution is 2.30. The second-order valence-electron chi connectivity index (χ2n) is 3.13. The topological polar surface area (TPSA) is 46.6 Å². The molecule has 66 valence electrons. The fourth-order valence-electron chi connectivity index (χ4n) is 1.22. The zero-order chi connectivity index (χ0) is 9.35. The van der Waals surface area contributed by atoms with Crippen molar-refractivity contribution in [3.8, 4) is 0 Å². The third kappa shape index (κ3) is 1.20. The minimum Gasteiger partial charge on any atom is -0.437 e. The van der Waals surface area contributed by atoms with Crippen molar-refractivity contribution in [1.82, 2.24) is 4.90 Å². The Hall–Kier alpha value is -1.32. The number of cyclic esters (lactones) is 1. The van der Waals surface area contributed by atoms with Gasteiger partial charge < -0.3 is 4.74 Å². The van der Waals surface area contributed by atoms with E-state index in [2.05, 4.69) is 0 Å². The van der Waals surface area contributed by atoms with Crippen LogP contribution in [0.25, 0.3) is 0 Å². The van der Waals surface area contributed by atoms with Gasteiger partial charge >= 0.3 is 6.09 Å². The lowest BCUT2D eigenvalue weighted by molar-refractivity contribution is -0.104. The monoisotopic (exact) mass is 169 g/mol. The van der Waals surface area contributed by atoms with Crippen molar-refractivity contribution in [2.45, 2.75) is 19.4 Å². The van der Waals surface area contributed by atoms with Gasteiger partial charge in [0.2, 0.25) is 0 Å². The molecule has 0 atom stereocenters. The summed E-state index contributed by atoms with van der Waals surface area (Å²) in [6.07, 6.45) is 1.56. The van der Waals surface area contributed by atoms with E-state index in [1.807, 2.05) is 0 Å². The van der Waals surface area contributed by atoms with Gasteiger partial charge in [0, 0.05) is 13.1 Å². The predicted octanol–water partition coefficient (Wildman–Crippen LogP) is 0.930. The molecule has 0 radical (unpaired) electrons. The molecule has 0 saturated carbocycles. The van der Waals surface area contributed by atoms with Gasteiger partial charge in [-0.05, 0) is 13.8 Å². The van der Waals surface area contributed by atoms with E-state index in [-0.39, 0.29) is 0 Å². The molecule has 1 saturated heterocycles. The molecule has 1 fully saturated rings. The van der Waals surface area contributed by atoms with E-state index in [0.29, 0.717) is 12.0 Å². The van der Waals surface area contributed by atoms with Crippen LogP contribution in [0.1, 0.15) is 13.8 Å². The van der Waals surface area contributed by atoms with E-state index in [1.54, 1.807) is 20.9 Å². The Labute approximate surface area is 70.8 Å². The summed E-state index contributed by atoms with van der Waals surface area (Å²) in [6, 6.07) is 0. The van der Waals surface area contributed by atoms with Crippen LogP contribution in [0.2, 0.25) is 0 Å². The third-order valence-electron chi connectivity index (χ3n) is 1.82. The summed E-state index contributed by atoms with van der Waals surface area (Å²) in [6.45, 7) is 3.48. The number of ether oxygens (including phenoxy) is 1. The number of aldehydes is 1. The minimum atomic E-state index is -0.688. The summed E-state index contributed by atoms with van der Waals surface area (Å²) < 4.78 is 4.99. The number of nitrogens with zero attached hydrogens (tertiary/aromatic N) is 1. The van der Waals surface area contributed by atoms with Gasteiger partial charge in [0.25, 0.3) is 0 Å². The minimum absolute atomic E-state index is 0.423. The van der Waals surface area contributed by atoms with Crippen molar-refractivity contribution in [1.29, 1.82) is 0 Å². The molecule has 0 aromatic heterocycles. The normalized spacial score (nSPS) is 24.4. The number of rotatable bonds is 1. The average Bonchev–Trinajstić information content (AvgIpc) is 2.13. The van der Waals surface area contributed by atoms with Crippen LogP contribution in [0.5, 0.6) is 0 Å². The van der Waals surface area contributed by atoms with Gasteiger partial charge in [-0.1, -0.05) is 0 Å². The summed E-state index contributed by atoms with van der Waals surface area (Å²) in [5.74, 6) is 0. The first-order chi connectivity index (χ1) is 5.49. The summed E-state index contributed by atoms with van der Waals surface area (Å²) in [4.78, 5) is 22.6. The molecule has 0 N–H and O–H groups in total. The van der Waals surface area contributed by atoms with Gasteiger partial charge in [-0.3, -0.25) is 9.69 Å². The van der Waals surface area contributed by atoms with Crippen molar-refractivity contribution in [2.24, 2.45) is 0 Å². The Balaban J connectivity index is 3.04. The number of likely N-dealkylation sites (N-methyl/N-ethyl adjacent to an activating group) is 1. The summed E-state index contributed by atoms with van der Waals surface area (Å²) in [5.41, 5.74) is -0.102. The molecule has 1 amide bonds. The van der Waals surface area contributed by atoms with Crippen molar-refractivity contribution in [2.75, 3.05) is 7.05 Å². The molecular formula is C8H11NO3. The van der Waals surface area contributed by atoms with Crippen molar-refractivity contribution >= 4 is 12.4 Å². The molecule has 0 spiro atoms.